The molecule has 25 heavy (non-hydrogen) atoms. The van der Waals surface area contributed by atoms with Crippen molar-refractivity contribution in [1.29, 1.82) is 0 Å². The van der Waals surface area contributed by atoms with Gasteiger partial charge in [0.15, 0.2) is 0 Å². The van der Waals surface area contributed by atoms with Crippen LogP contribution in [0.15, 0.2) is 47.1 Å². The first-order valence-corrected chi connectivity index (χ1v) is 8.47. The van der Waals surface area contributed by atoms with E-state index >= 15 is 0 Å². The Labute approximate surface area is 146 Å². The van der Waals surface area contributed by atoms with E-state index in [1.165, 1.54) is 11.3 Å². The molecule has 0 bridgehead atoms. The maximum Gasteiger partial charge on any atom is 0.254 e. The summed E-state index contributed by atoms with van der Waals surface area (Å²) in [5.74, 6) is 0.0295. The molecule has 1 saturated heterocycles. The molecule has 0 unspecified atom stereocenters. The van der Waals surface area contributed by atoms with Crippen molar-refractivity contribution in [2.24, 2.45) is 0 Å². The molecular formula is C19H20N4O2. The van der Waals surface area contributed by atoms with Gasteiger partial charge in [0.25, 0.3) is 5.91 Å². The summed E-state index contributed by atoms with van der Waals surface area (Å²) < 4.78 is 4.71. The summed E-state index contributed by atoms with van der Waals surface area (Å²) in [5.41, 5.74) is 4.40. The number of carbonyl (C=O) groups excluding carboxylic acids is 1. The van der Waals surface area contributed by atoms with Crippen LogP contribution in [0.4, 0.5) is 5.69 Å². The van der Waals surface area contributed by atoms with Crippen molar-refractivity contribution in [3.05, 3.63) is 53.6 Å². The third-order valence-electron chi connectivity index (χ3n) is 4.85. The first-order chi connectivity index (χ1) is 12.1. The molecule has 0 spiro atoms. The Balaban J connectivity index is 1.52. The fourth-order valence-electron chi connectivity index (χ4n) is 3.48. The molecule has 1 aromatic heterocycles. The van der Waals surface area contributed by atoms with Gasteiger partial charge in [-0.3, -0.25) is 4.79 Å². The van der Waals surface area contributed by atoms with Gasteiger partial charge >= 0.3 is 0 Å². The van der Waals surface area contributed by atoms with E-state index in [1.54, 1.807) is 18.2 Å². The lowest BCUT2D eigenvalue weighted by molar-refractivity contribution is 0.0674. The number of carbonyl (C=O) groups is 1. The molecule has 1 fully saturated rings. The highest BCUT2D eigenvalue weighted by Gasteiger charge is 2.29. The van der Waals surface area contributed by atoms with Crippen LogP contribution in [0, 0.1) is 6.92 Å². The van der Waals surface area contributed by atoms with E-state index in [0.717, 1.165) is 13.1 Å². The predicted octanol–water partition coefficient (Wildman–Crippen LogP) is 2.88. The van der Waals surface area contributed by atoms with Crippen LogP contribution in [-0.4, -0.2) is 46.8 Å². The standard InChI is InChI=1S/C19H20N4O2/c1-13-5-3-4-6-18(13)22-9-10-23(14(2)12-22)19(24)15-7-8-16-17(11-15)21-25-20-16/h3-8,11,14H,9-10,12H2,1-2H3/t14-/m1/s1. The van der Waals surface area contributed by atoms with Crippen molar-refractivity contribution >= 4 is 22.6 Å². The van der Waals surface area contributed by atoms with Gasteiger partial charge < -0.3 is 9.80 Å². The summed E-state index contributed by atoms with van der Waals surface area (Å²) in [7, 11) is 0. The zero-order chi connectivity index (χ0) is 17.4. The lowest BCUT2D eigenvalue weighted by Gasteiger charge is -2.41. The molecular weight excluding hydrogens is 316 g/mol. The number of anilines is 1. The van der Waals surface area contributed by atoms with Crippen LogP contribution in [0.1, 0.15) is 22.8 Å². The van der Waals surface area contributed by atoms with Gasteiger partial charge in [-0.05, 0) is 54.0 Å². The molecule has 0 N–H and O–H groups in total. The molecule has 0 radical (unpaired) electrons. The maximum atomic E-state index is 12.9. The summed E-state index contributed by atoms with van der Waals surface area (Å²) in [4.78, 5) is 17.2. The van der Waals surface area contributed by atoms with Gasteiger partial charge in [0.1, 0.15) is 11.0 Å². The van der Waals surface area contributed by atoms with E-state index in [4.69, 9.17) is 4.63 Å². The number of benzene rings is 2. The molecule has 1 amide bonds. The number of nitrogens with zero attached hydrogens (tertiary/aromatic N) is 4. The molecule has 2 aromatic carbocycles. The van der Waals surface area contributed by atoms with Gasteiger partial charge in [-0.25, -0.2) is 4.63 Å². The molecule has 1 aliphatic rings. The number of rotatable bonds is 2. The highest BCUT2D eigenvalue weighted by molar-refractivity contribution is 5.97. The minimum Gasteiger partial charge on any atom is -0.367 e. The summed E-state index contributed by atoms with van der Waals surface area (Å²) in [6.45, 7) is 6.57. The topological polar surface area (TPSA) is 62.5 Å². The molecule has 6 nitrogen and oxygen atoms in total. The SMILES string of the molecule is Cc1ccccc1N1CCN(C(=O)c2ccc3nonc3c2)[C@H](C)C1. The van der Waals surface area contributed by atoms with E-state index in [-0.39, 0.29) is 11.9 Å². The minimum atomic E-state index is 0.0295. The van der Waals surface area contributed by atoms with Crippen LogP contribution in [0.5, 0.6) is 0 Å². The smallest absolute Gasteiger partial charge is 0.254 e. The van der Waals surface area contributed by atoms with Crippen LogP contribution in [0.3, 0.4) is 0 Å². The molecule has 0 aliphatic carbocycles. The quantitative estimate of drug-likeness (QED) is 0.720. The third-order valence-corrected chi connectivity index (χ3v) is 4.85. The number of piperazine rings is 1. The summed E-state index contributed by atoms with van der Waals surface area (Å²) >= 11 is 0. The van der Waals surface area contributed by atoms with E-state index in [2.05, 4.69) is 53.3 Å². The van der Waals surface area contributed by atoms with Crippen molar-refractivity contribution in [3.63, 3.8) is 0 Å². The summed E-state index contributed by atoms with van der Waals surface area (Å²) in [6.07, 6.45) is 0. The van der Waals surface area contributed by atoms with Crippen LogP contribution in [0.25, 0.3) is 11.0 Å². The second kappa shape index (κ2) is 6.20. The molecule has 0 saturated carbocycles. The van der Waals surface area contributed by atoms with E-state index in [9.17, 15) is 4.79 Å². The normalized spacial score (nSPS) is 17.9. The molecule has 3 aromatic rings. The number of para-hydroxylation sites is 1. The number of aryl methyl sites for hydroxylation is 1. The van der Waals surface area contributed by atoms with Crippen LogP contribution < -0.4 is 4.90 Å². The van der Waals surface area contributed by atoms with Crippen molar-refractivity contribution in [3.8, 4) is 0 Å². The molecule has 1 atom stereocenters. The van der Waals surface area contributed by atoms with Gasteiger partial charge in [0.2, 0.25) is 0 Å². The second-order valence-corrected chi connectivity index (χ2v) is 6.55. The van der Waals surface area contributed by atoms with Crippen molar-refractivity contribution < 1.29 is 9.42 Å². The van der Waals surface area contributed by atoms with E-state index < -0.39 is 0 Å². The number of hydrogen-bond acceptors (Lipinski definition) is 5. The summed E-state index contributed by atoms with van der Waals surface area (Å²) in [6, 6.07) is 13.8. The fourth-order valence-corrected chi connectivity index (χ4v) is 3.48. The molecule has 6 heteroatoms. The fraction of sp³-hybridized carbons (Fsp3) is 0.316. The number of aromatic nitrogens is 2. The Morgan fingerprint density at radius 1 is 1.12 bits per heavy atom. The number of fused-ring (bicyclic) bond motifs is 1. The number of hydrogen-bond donors (Lipinski definition) is 0. The lowest BCUT2D eigenvalue weighted by Crippen LogP contribution is -2.54. The molecule has 128 valence electrons. The highest BCUT2D eigenvalue weighted by atomic mass is 16.6. The lowest BCUT2D eigenvalue weighted by atomic mass is 10.1. The maximum absolute atomic E-state index is 12.9. The van der Waals surface area contributed by atoms with Gasteiger partial charge in [0, 0.05) is 36.9 Å². The Bertz CT molecular complexity index is 920. The van der Waals surface area contributed by atoms with Crippen LogP contribution >= 0.6 is 0 Å². The average molecular weight is 336 g/mol. The van der Waals surface area contributed by atoms with E-state index in [1.807, 2.05) is 4.90 Å². The number of amides is 1. The third kappa shape index (κ3) is 2.84. The van der Waals surface area contributed by atoms with Crippen molar-refractivity contribution in [2.75, 3.05) is 24.5 Å². The Kier molecular flexibility index (Phi) is 3.87. The first kappa shape index (κ1) is 15.6. The zero-order valence-corrected chi connectivity index (χ0v) is 14.3. The van der Waals surface area contributed by atoms with Crippen molar-refractivity contribution in [2.45, 2.75) is 19.9 Å². The Hall–Kier alpha value is -2.89. The van der Waals surface area contributed by atoms with Gasteiger partial charge in [-0.1, -0.05) is 18.2 Å². The largest absolute Gasteiger partial charge is 0.367 e. The zero-order valence-electron chi connectivity index (χ0n) is 14.3. The van der Waals surface area contributed by atoms with Gasteiger partial charge in [-0.15, -0.1) is 0 Å². The molecule has 1 aliphatic heterocycles. The Morgan fingerprint density at radius 2 is 1.92 bits per heavy atom. The average Bonchev–Trinajstić information content (AvgIpc) is 3.09. The van der Waals surface area contributed by atoms with E-state index in [0.29, 0.717) is 23.1 Å². The monoisotopic (exact) mass is 336 g/mol. The predicted molar refractivity (Wildman–Crippen MR) is 95.7 cm³/mol. The summed E-state index contributed by atoms with van der Waals surface area (Å²) in [5, 5.41) is 7.60. The Morgan fingerprint density at radius 3 is 2.72 bits per heavy atom. The minimum absolute atomic E-state index is 0.0295. The van der Waals surface area contributed by atoms with Crippen LogP contribution in [0.2, 0.25) is 0 Å². The van der Waals surface area contributed by atoms with Crippen molar-refractivity contribution in [1.82, 2.24) is 15.2 Å². The van der Waals surface area contributed by atoms with Crippen LogP contribution in [-0.2, 0) is 0 Å². The highest BCUT2D eigenvalue weighted by Crippen LogP contribution is 2.24. The second-order valence-electron chi connectivity index (χ2n) is 6.55. The van der Waals surface area contributed by atoms with Gasteiger partial charge in [-0.2, -0.15) is 0 Å². The molecule has 2 heterocycles. The van der Waals surface area contributed by atoms with Gasteiger partial charge in [0.05, 0.1) is 0 Å². The first-order valence-electron chi connectivity index (χ1n) is 8.47. The molecule has 4 rings (SSSR count).